The van der Waals surface area contributed by atoms with Crippen LogP contribution in [0.3, 0.4) is 0 Å². The van der Waals surface area contributed by atoms with Gasteiger partial charge in [0.1, 0.15) is 5.56 Å². The topological polar surface area (TPSA) is 101 Å². The monoisotopic (exact) mass is 343 g/mol. The Kier molecular flexibility index (Phi) is 4.22. The number of hydrogen-bond donors (Lipinski definition) is 0. The number of hydrogen-bond acceptors (Lipinski definition) is 7. The highest BCUT2D eigenvalue weighted by molar-refractivity contribution is 5.97. The van der Waals surface area contributed by atoms with Gasteiger partial charge in [-0.3, -0.25) is 4.68 Å². The molecule has 0 saturated carbocycles. The predicted octanol–water partition coefficient (Wildman–Crippen LogP) is 1.40. The van der Waals surface area contributed by atoms with Crippen molar-refractivity contribution in [1.82, 2.24) is 24.4 Å². The Bertz CT molecular complexity index is 972. The van der Waals surface area contributed by atoms with E-state index in [9.17, 15) is 9.59 Å². The van der Waals surface area contributed by atoms with Crippen LogP contribution in [0.15, 0.2) is 18.5 Å². The first-order valence-corrected chi connectivity index (χ1v) is 7.61. The zero-order valence-electron chi connectivity index (χ0n) is 14.3. The number of carbonyl (C=O) groups excluding carboxylic acids is 2. The van der Waals surface area contributed by atoms with Crippen LogP contribution in [0.25, 0.3) is 16.9 Å². The van der Waals surface area contributed by atoms with Gasteiger partial charge in [0.25, 0.3) is 0 Å². The molecule has 3 rings (SSSR count). The smallest absolute Gasteiger partial charge is 0.356 e. The van der Waals surface area contributed by atoms with E-state index >= 15 is 0 Å². The molecule has 3 aromatic heterocycles. The van der Waals surface area contributed by atoms with Crippen LogP contribution in [0.5, 0.6) is 0 Å². The van der Waals surface area contributed by atoms with Gasteiger partial charge in [-0.1, -0.05) is 0 Å². The first-order chi connectivity index (χ1) is 12.0. The van der Waals surface area contributed by atoms with Crippen LogP contribution in [0, 0.1) is 6.92 Å². The molecule has 0 unspecified atom stereocenters. The van der Waals surface area contributed by atoms with Crippen molar-refractivity contribution < 1.29 is 19.1 Å². The SMILES string of the molecule is CCOC(=O)c1cnn2c(C(=O)OC)cc(-c3cn(C)nc3C)nc12. The zero-order chi connectivity index (χ0) is 18.1. The van der Waals surface area contributed by atoms with Crippen molar-refractivity contribution in [3.05, 3.63) is 35.4 Å². The number of fused-ring (bicyclic) bond motifs is 1. The van der Waals surface area contributed by atoms with Crippen LogP contribution >= 0.6 is 0 Å². The molecule has 0 aliphatic rings. The van der Waals surface area contributed by atoms with Crippen LogP contribution in [-0.4, -0.2) is 50.0 Å². The lowest BCUT2D eigenvalue weighted by atomic mass is 10.1. The molecule has 0 aromatic carbocycles. The number of rotatable bonds is 4. The zero-order valence-corrected chi connectivity index (χ0v) is 14.3. The van der Waals surface area contributed by atoms with E-state index < -0.39 is 11.9 Å². The van der Waals surface area contributed by atoms with Gasteiger partial charge in [-0.25, -0.2) is 19.1 Å². The normalized spacial score (nSPS) is 10.9. The average molecular weight is 343 g/mol. The number of methoxy groups -OCH3 is 1. The fourth-order valence-corrected chi connectivity index (χ4v) is 2.55. The Labute approximate surface area is 143 Å². The second kappa shape index (κ2) is 6.34. The van der Waals surface area contributed by atoms with Gasteiger partial charge in [-0.2, -0.15) is 10.2 Å². The largest absolute Gasteiger partial charge is 0.464 e. The van der Waals surface area contributed by atoms with Crippen molar-refractivity contribution in [1.29, 1.82) is 0 Å². The van der Waals surface area contributed by atoms with Crippen LogP contribution in [0.4, 0.5) is 0 Å². The van der Waals surface area contributed by atoms with Crippen LogP contribution in [0.2, 0.25) is 0 Å². The van der Waals surface area contributed by atoms with Crippen molar-refractivity contribution in [3.63, 3.8) is 0 Å². The molecule has 0 spiro atoms. The summed E-state index contributed by atoms with van der Waals surface area (Å²) in [6.45, 7) is 3.77. The standard InChI is InChI=1S/C16H17N5O4/c1-5-25-15(22)10-7-17-21-13(16(23)24-4)6-12(18-14(10)21)11-8-20(3)19-9(11)2/h6-8H,5H2,1-4H3. The fraction of sp³-hybridized carbons (Fsp3) is 0.312. The Morgan fingerprint density at radius 3 is 2.64 bits per heavy atom. The first kappa shape index (κ1) is 16.6. The molecule has 0 aliphatic carbocycles. The molecule has 0 bridgehead atoms. The van der Waals surface area contributed by atoms with Gasteiger partial charge in [0.15, 0.2) is 11.3 Å². The molecular weight excluding hydrogens is 326 g/mol. The van der Waals surface area contributed by atoms with Crippen molar-refractivity contribution in [2.24, 2.45) is 7.05 Å². The van der Waals surface area contributed by atoms with Crippen molar-refractivity contribution in [3.8, 4) is 11.3 Å². The fourth-order valence-electron chi connectivity index (χ4n) is 2.55. The number of nitrogens with zero attached hydrogens (tertiary/aromatic N) is 5. The van der Waals surface area contributed by atoms with Gasteiger partial charge in [0.05, 0.1) is 31.3 Å². The highest BCUT2D eigenvalue weighted by Gasteiger charge is 2.22. The Balaban J connectivity index is 2.28. The highest BCUT2D eigenvalue weighted by atomic mass is 16.5. The molecule has 0 radical (unpaired) electrons. The lowest BCUT2D eigenvalue weighted by Gasteiger charge is -2.07. The van der Waals surface area contributed by atoms with E-state index in [1.165, 1.54) is 17.8 Å². The van der Waals surface area contributed by atoms with Crippen LogP contribution in [-0.2, 0) is 16.5 Å². The number of esters is 2. The first-order valence-electron chi connectivity index (χ1n) is 7.61. The molecule has 0 saturated heterocycles. The van der Waals surface area contributed by atoms with E-state index in [0.717, 1.165) is 11.3 Å². The van der Waals surface area contributed by atoms with E-state index in [4.69, 9.17) is 9.47 Å². The lowest BCUT2D eigenvalue weighted by molar-refractivity contribution is 0.0526. The minimum absolute atomic E-state index is 0.154. The van der Waals surface area contributed by atoms with Gasteiger partial charge in [-0.15, -0.1) is 0 Å². The molecule has 130 valence electrons. The maximum atomic E-state index is 12.2. The Hall–Kier alpha value is -3.23. The summed E-state index contributed by atoms with van der Waals surface area (Å²) >= 11 is 0. The summed E-state index contributed by atoms with van der Waals surface area (Å²) in [5, 5.41) is 8.37. The van der Waals surface area contributed by atoms with Gasteiger partial charge in [0, 0.05) is 18.8 Å². The predicted molar refractivity (Wildman–Crippen MR) is 87.2 cm³/mol. The molecule has 0 atom stereocenters. The maximum absolute atomic E-state index is 12.2. The Morgan fingerprint density at radius 1 is 1.28 bits per heavy atom. The number of ether oxygens (including phenoxy) is 2. The average Bonchev–Trinajstić information content (AvgIpc) is 3.16. The third-order valence-corrected chi connectivity index (χ3v) is 3.65. The third-order valence-electron chi connectivity index (χ3n) is 3.65. The molecule has 3 aromatic rings. The van der Waals surface area contributed by atoms with Gasteiger partial charge in [-0.05, 0) is 19.9 Å². The van der Waals surface area contributed by atoms with Gasteiger partial charge >= 0.3 is 11.9 Å². The third kappa shape index (κ3) is 2.84. The van der Waals surface area contributed by atoms with Crippen molar-refractivity contribution in [2.75, 3.05) is 13.7 Å². The summed E-state index contributed by atoms with van der Waals surface area (Å²) in [5.41, 5.74) is 2.53. The summed E-state index contributed by atoms with van der Waals surface area (Å²) < 4.78 is 12.8. The Morgan fingerprint density at radius 2 is 2.04 bits per heavy atom. The second-order valence-electron chi connectivity index (χ2n) is 5.33. The molecule has 0 fully saturated rings. The highest BCUT2D eigenvalue weighted by Crippen LogP contribution is 2.24. The van der Waals surface area contributed by atoms with E-state index in [1.807, 2.05) is 6.92 Å². The lowest BCUT2D eigenvalue weighted by Crippen LogP contribution is -2.12. The van der Waals surface area contributed by atoms with Crippen molar-refractivity contribution >= 4 is 17.6 Å². The van der Waals surface area contributed by atoms with Crippen LogP contribution in [0.1, 0.15) is 33.5 Å². The van der Waals surface area contributed by atoms with Gasteiger partial charge in [0.2, 0.25) is 0 Å². The molecular formula is C16H17N5O4. The minimum atomic E-state index is -0.589. The number of aryl methyl sites for hydroxylation is 2. The number of aromatic nitrogens is 5. The van der Waals surface area contributed by atoms with E-state index in [2.05, 4.69) is 15.2 Å². The molecule has 0 amide bonds. The number of carbonyl (C=O) groups is 2. The molecule has 3 heterocycles. The quantitative estimate of drug-likeness (QED) is 0.660. The van der Waals surface area contributed by atoms with E-state index in [0.29, 0.717) is 5.69 Å². The second-order valence-corrected chi connectivity index (χ2v) is 5.33. The van der Waals surface area contributed by atoms with Crippen LogP contribution < -0.4 is 0 Å². The molecule has 9 nitrogen and oxygen atoms in total. The summed E-state index contributed by atoms with van der Waals surface area (Å²) in [6, 6.07) is 1.56. The summed E-state index contributed by atoms with van der Waals surface area (Å²) in [5.74, 6) is -1.14. The summed E-state index contributed by atoms with van der Waals surface area (Å²) in [6.07, 6.45) is 3.11. The maximum Gasteiger partial charge on any atom is 0.356 e. The summed E-state index contributed by atoms with van der Waals surface area (Å²) in [4.78, 5) is 28.8. The molecule has 0 aliphatic heterocycles. The molecule has 0 N–H and O–H groups in total. The van der Waals surface area contributed by atoms with Crippen molar-refractivity contribution in [2.45, 2.75) is 13.8 Å². The van der Waals surface area contributed by atoms with E-state index in [1.54, 1.807) is 30.9 Å². The molecule has 9 heteroatoms. The molecule has 25 heavy (non-hydrogen) atoms. The summed E-state index contributed by atoms with van der Waals surface area (Å²) in [7, 11) is 3.07. The minimum Gasteiger partial charge on any atom is -0.464 e. The van der Waals surface area contributed by atoms with E-state index in [-0.39, 0.29) is 23.5 Å². The van der Waals surface area contributed by atoms with Gasteiger partial charge < -0.3 is 9.47 Å².